The van der Waals surface area contributed by atoms with Crippen LogP contribution in [0.5, 0.6) is 0 Å². The van der Waals surface area contributed by atoms with Gasteiger partial charge in [-0.15, -0.1) is 0 Å². The Morgan fingerprint density at radius 2 is 1.74 bits per heavy atom. The number of hydrogen-bond acceptors (Lipinski definition) is 4. The summed E-state index contributed by atoms with van der Waals surface area (Å²) >= 11 is 5.79. The summed E-state index contributed by atoms with van der Waals surface area (Å²) in [6.07, 6.45) is 3.19. The lowest BCUT2D eigenvalue weighted by atomic mass is 10.1. The van der Waals surface area contributed by atoms with Crippen molar-refractivity contribution >= 4 is 33.4 Å². The maximum absolute atomic E-state index is 12.7. The molecule has 1 aliphatic rings. The largest absolute Gasteiger partial charge is 0.351 e. The van der Waals surface area contributed by atoms with E-state index in [0.717, 1.165) is 37.9 Å². The number of nitrogens with one attached hydrogen (secondary N) is 2. The van der Waals surface area contributed by atoms with Crippen molar-refractivity contribution in [1.29, 1.82) is 0 Å². The topological polar surface area (TPSA) is 95.6 Å². The van der Waals surface area contributed by atoms with Gasteiger partial charge >= 0.3 is 0 Å². The molecule has 0 spiro atoms. The van der Waals surface area contributed by atoms with Crippen molar-refractivity contribution in [2.24, 2.45) is 0 Å². The Labute approximate surface area is 187 Å². The van der Waals surface area contributed by atoms with Crippen LogP contribution in [0.4, 0.5) is 0 Å². The minimum absolute atomic E-state index is 0.00281. The van der Waals surface area contributed by atoms with Gasteiger partial charge < -0.3 is 10.2 Å². The quantitative estimate of drug-likeness (QED) is 0.659. The number of likely N-dealkylation sites (tertiary alicyclic amines) is 1. The summed E-state index contributed by atoms with van der Waals surface area (Å²) in [4.78, 5) is 27.0. The fourth-order valence-corrected chi connectivity index (χ4v) is 4.73. The second kappa shape index (κ2) is 10.3. The highest BCUT2D eigenvalue weighted by molar-refractivity contribution is 7.89. The highest BCUT2D eigenvalue weighted by atomic mass is 35.5. The number of carbonyl (C=O) groups excluding carboxylic acids is 2. The highest BCUT2D eigenvalue weighted by Crippen LogP contribution is 2.15. The maximum Gasteiger partial charge on any atom is 0.253 e. The Kier molecular flexibility index (Phi) is 7.69. The third-order valence-electron chi connectivity index (χ3n) is 5.13. The molecule has 2 aromatic carbocycles. The smallest absolute Gasteiger partial charge is 0.253 e. The van der Waals surface area contributed by atoms with Crippen molar-refractivity contribution in [2.45, 2.75) is 43.7 Å². The van der Waals surface area contributed by atoms with Gasteiger partial charge in [-0.1, -0.05) is 23.7 Å². The van der Waals surface area contributed by atoms with E-state index in [9.17, 15) is 18.0 Å². The van der Waals surface area contributed by atoms with E-state index in [1.165, 1.54) is 31.2 Å². The van der Waals surface area contributed by atoms with E-state index in [2.05, 4.69) is 10.0 Å². The summed E-state index contributed by atoms with van der Waals surface area (Å²) in [6.45, 7) is 3.20. The Bertz CT molecular complexity index is 1030. The first-order valence-electron chi connectivity index (χ1n) is 10.2. The number of piperidine rings is 1. The van der Waals surface area contributed by atoms with Gasteiger partial charge in [-0.05, 0) is 68.1 Å². The van der Waals surface area contributed by atoms with E-state index in [-0.39, 0.29) is 17.3 Å². The predicted molar refractivity (Wildman–Crippen MR) is 119 cm³/mol. The molecule has 2 N–H and O–H groups in total. The molecule has 166 valence electrons. The zero-order chi connectivity index (χ0) is 22.4. The van der Waals surface area contributed by atoms with Crippen LogP contribution < -0.4 is 10.0 Å². The molecule has 31 heavy (non-hydrogen) atoms. The number of benzene rings is 2. The van der Waals surface area contributed by atoms with Gasteiger partial charge in [0.15, 0.2) is 0 Å². The van der Waals surface area contributed by atoms with E-state index < -0.39 is 22.0 Å². The number of rotatable bonds is 7. The molecule has 0 bridgehead atoms. The van der Waals surface area contributed by atoms with Gasteiger partial charge in [-0.3, -0.25) is 9.59 Å². The van der Waals surface area contributed by atoms with Gasteiger partial charge in [0.05, 0.1) is 10.9 Å². The van der Waals surface area contributed by atoms with Gasteiger partial charge in [0.25, 0.3) is 5.91 Å². The molecule has 1 aliphatic heterocycles. The Morgan fingerprint density at radius 1 is 1.06 bits per heavy atom. The molecule has 0 radical (unpaired) electrons. The van der Waals surface area contributed by atoms with E-state index in [1.807, 2.05) is 11.0 Å². The second-order valence-electron chi connectivity index (χ2n) is 7.57. The van der Waals surface area contributed by atoms with Crippen LogP contribution in [0.1, 0.15) is 42.1 Å². The number of amides is 2. The summed E-state index contributed by atoms with van der Waals surface area (Å²) in [5.74, 6) is -0.470. The van der Waals surface area contributed by atoms with Crippen molar-refractivity contribution in [3.05, 3.63) is 64.7 Å². The standard InChI is InChI=1S/C22H26ClN3O4S/c1-16(25-31(29,30)20-10-8-19(23)9-11-20)21(27)24-15-17-6-5-7-18(14-17)22(28)26-12-3-2-4-13-26/h5-11,14,16,25H,2-4,12-13,15H2,1H3,(H,24,27)/t16-/m0/s1. The molecule has 2 amide bonds. The molecule has 1 atom stereocenters. The molecule has 7 nitrogen and oxygen atoms in total. The SMILES string of the molecule is C[C@H](NS(=O)(=O)c1ccc(Cl)cc1)C(=O)NCc1cccc(C(=O)N2CCCCC2)c1. The van der Waals surface area contributed by atoms with Crippen molar-refractivity contribution in [1.82, 2.24) is 14.9 Å². The molecule has 1 saturated heterocycles. The van der Waals surface area contributed by atoms with Crippen LogP contribution in [0.2, 0.25) is 5.02 Å². The fraction of sp³-hybridized carbons (Fsp3) is 0.364. The normalized spacial score (nSPS) is 15.4. The average molecular weight is 464 g/mol. The predicted octanol–water partition coefficient (Wildman–Crippen LogP) is 2.95. The van der Waals surface area contributed by atoms with Crippen molar-refractivity contribution in [2.75, 3.05) is 13.1 Å². The number of nitrogens with zero attached hydrogens (tertiary/aromatic N) is 1. The van der Waals surface area contributed by atoms with Crippen LogP contribution in [0, 0.1) is 0 Å². The molecule has 3 rings (SSSR count). The molecule has 0 aliphatic carbocycles. The second-order valence-corrected chi connectivity index (χ2v) is 9.72. The monoisotopic (exact) mass is 463 g/mol. The molecule has 0 saturated carbocycles. The number of sulfonamides is 1. The minimum atomic E-state index is -3.85. The highest BCUT2D eigenvalue weighted by Gasteiger charge is 2.22. The van der Waals surface area contributed by atoms with Crippen molar-refractivity contribution in [3.63, 3.8) is 0 Å². The fourth-order valence-electron chi connectivity index (χ4n) is 3.40. The number of hydrogen-bond donors (Lipinski definition) is 2. The molecule has 0 aromatic heterocycles. The lowest BCUT2D eigenvalue weighted by molar-refractivity contribution is -0.122. The van der Waals surface area contributed by atoms with Gasteiger partial charge in [-0.25, -0.2) is 8.42 Å². The zero-order valence-electron chi connectivity index (χ0n) is 17.3. The zero-order valence-corrected chi connectivity index (χ0v) is 18.9. The molecule has 0 unspecified atom stereocenters. The Hall–Kier alpha value is -2.42. The lowest BCUT2D eigenvalue weighted by Gasteiger charge is -2.26. The summed E-state index contributed by atoms with van der Waals surface area (Å²) in [6, 6.07) is 11.9. The third kappa shape index (κ3) is 6.29. The molecule has 1 fully saturated rings. The Morgan fingerprint density at radius 3 is 2.42 bits per heavy atom. The summed E-state index contributed by atoms with van der Waals surface area (Å²) in [5.41, 5.74) is 1.36. The van der Waals surface area contributed by atoms with Crippen LogP contribution >= 0.6 is 11.6 Å². The summed E-state index contributed by atoms with van der Waals surface area (Å²) in [5, 5.41) is 3.14. The van der Waals surface area contributed by atoms with Gasteiger partial charge in [-0.2, -0.15) is 4.72 Å². The van der Waals surface area contributed by atoms with Crippen LogP contribution in [-0.2, 0) is 21.4 Å². The van der Waals surface area contributed by atoms with E-state index in [0.29, 0.717) is 10.6 Å². The van der Waals surface area contributed by atoms with E-state index >= 15 is 0 Å². The van der Waals surface area contributed by atoms with Gasteiger partial charge in [0.1, 0.15) is 0 Å². The van der Waals surface area contributed by atoms with Crippen LogP contribution in [-0.4, -0.2) is 44.3 Å². The molecule has 2 aromatic rings. The first-order chi connectivity index (χ1) is 14.8. The minimum Gasteiger partial charge on any atom is -0.351 e. The summed E-state index contributed by atoms with van der Waals surface area (Å²) in [7, 11) is -3.85. The van der Waals surface area contributed by atoms with Crippen molar-refractivity contribution < 1.29 is 18.0 Å². The van der Waals surface area contributed by atoms with Crippen LogP contribution in [0.25, 0.3) is 0 Å². The van der Waals surface area contributed by atoms with Gasteiger partial charge in [0.2, 0.25) is 15.9 Å². The van der Waals surface area contributed by atoms with Crippen LogP contribution in [0.15, 0.2) is 53.4 Å². The van der Waals surface area contributed by atoms with Crippen LogP contribution in [0.3, 0.4) is 0 Å². The number of halogens is 1. The molecular formula is C22H26ClN3O4S. The van der Waals surface area contributed by atoms with E-state index in [1.54, 1.807) is 18.2 Å². The van der Waals surface area contributed by atoms with E-state index in [4.69, 9.17) is 11.6 Å². The molecular weight excluding hydrogens is 438 g/mol. The lowest BCUT2D eigenvalue weighted by Crippen LogP contribution is -2.44. The van der Waals surface area contributed by atoms with Gasteiger partial charge in [0, 0.05) is 30.2 Å². The first kappa shape index (κ1) is 23.2. The molecule has 1 heterocycles. The summed E-state index contributed by atoms with van der Waals surface area (Å²) < 4.78 is 27.2. The average Bonchev–Trinajstić information content (AvgIpc) is 2.77. The van der Waals surface area contributed by atoms with Crippen molar-refractivity contribution in [3.8, 4) is 0 Å². The Balaban J connectivity index is 1.57. The first-order valence-corrected chi connectivity index (χ1v) is 12.1. The number of carbonyl (C=O) groups is 2. The maximum atomic E-state index is 12.7. The third-order valence-corrected chi connectivity index (χ3v) is 6.94. The molecule has 9 heteroatoms.